The molecule has 4 nitrogen and oxygen atoms in total. The number of nitrogens with zero attached hydrogens (tertiary/aromatic N) is 2. The summed E-state index contributed by atoms with van der Waals surface area (Å²) >= 11 is 0. The molecule has 0 aliphatic carbocycles. The van der Waals surface area contributed by atoms with Crippen molar-refractivity contribution in [3.8, 4) is 0 Å². The molecular formula is C27H23FN2O2. The second kappa shape index (κ2) is 9.43. The van der Waals surface area contributed by atoms with Gasteiger partial charge in [-0.2, -0.15) is 4.39 Å². The number of imidazole rings is 1. The van der Waals surface area contributed by atoms with Crippen molar-refractivity contribution < 1.29 is 13.9 Å². The van der Waals surface area contributed by atoms with Crippen molar-refractivity contribution in [3.63, 3.8) is 0 Å². The van der Waals surface area contributed by atoms with E-state index < -0.39 is 17.6 Å². The first-order valence-corrected chi connectivity index (χ1v) is 10.4. The molecule has 32 heavy (non-hydrogen) atoms. The molecule has 0 spiro atoms. The van der Waals surface area contributed by atoms with Crippen molar-refractivity contribution in [2.75, 3.05) is 6.61 Å². The number of esters is 1. The SMILES string of the molecule is CCOC(=O)C=Cc1cn(C(c2ccccc2)(c2ccccc2)c2ccccc2)c(F)n1. The first-order chi connectivity index (χ1) is 15.7. The summed E-state index contributed by atoms with van der Waals surface area (Å²) in [6, 6.07) is 29.3. The maximum absolute atomic E-state index is 15.5. The van der Waals surface area contributed by atoms with E-state index in [1.807, 2.05) is 91.0 Å². The van der Waals surface area contributed by atoms with Gasteiger partial charge in [0.05, 0.1) is 12.3 Å². The van der Waals surface area contributed by atoms with Crippen LogP contribution < -0.4 is 0 Å². The van der Waals surface area contributed by atoms with Gasteiger partial charge in [-0.15, -0.1) is 0 Å². The number of carbonyl (C=O) groups is 1. The lowest BCUT2D eigenvalue weighted by Gasteiger charge is -2.37. The highest BCUT2D eigenvalue weighted by molar-refractivity contribution is 5.86. The summed E-state index contributed by atoms with van der Waals surface area (Å²) in [4.78, 5) is 15.8. The second-order valence-corrected chi connectivity index (χ2v) is 7.20. The molecular weight excluding hydrogens is 403 g/mol. The Morgan fingerprint density at radius 1 is 0.906 bits per heavy atom. The van der Waals surface area contributed by atoms with E-state index >= 15 is 4.39 Å². The minimum atomic E-state index is -1.00. The summed E-state index contributed by atoms with van der Waals surface area (Å²) in [5.41, 5.74) is 1.97. The minimum absolute atomic E-state index is 0.269. The molecule has 5 heteroatoms. The van der Waals surface area contributed by atoms with E-state index in [2.05, 4.69) is 4.98 Å². The number of benzene rings is 3. The number of hydrogen-bond acceptors (Lipinski definition) is 3. The lowest BCUT2D eigenvalue weighted by Crippen LogP contribution is -2.38. The van der Waals surface area contributed by atoms with Crippen molar-refractivity contribution in [1.82, 2.24) is 9.55 Å². The van der Waals surface area contributed by atoms with Gasteiger partial charge in [0, 0.05) is 12.3 Å². The molecule has 4 aromatic rings. The lowest BCUT2D eigenvalue weighted by atomic mass is 9.76. The van der Waals surface area contributed by atoms with Gasteiger partial charge < -0.3 is 4.74 Å². The van der Waals surface area contributed by atoms with Gasteiger partial charge in [-0.1, -0.05) is 91.0 Å². The molecule has 0 unspecified atom stereocenters. The zero-order valence-electron chi connectivity index (χ0n) is 17.7. The molecule has 0 amide bonds. The van der Waals surface area contributed by atoms with E-state index in [-0.39, 0.29) is 6.61 Å². The smallest absolute Gasteiger partial charge is 0.330 e. The molecule has 1 aromatic heterocycles. The van der Waals surface area contributed by atoms with Crippen molar-refractivity contribution in [2.45, 2.75) is 12.5 Å². The first-order valence-electron chi connectivity index (χ1n) is 10.4. The number of hydrogen-bond donors (Lipinski definition) is 0. The molecule has 160 valence electrons. The van der Waals surface area contributed by atoms with Crippen LogP contribution in [0.5, 0.6) is 0 Å². The highest BCUT2D eigenvalue weighted by Gasteiger charge is 2.40. The highest BCUT2D eigenvalue weighted by Crippen LogP contribution is 2.41. The standard InChI is InChI=1S/C27H23FN2O2/c1-2-32-25(31)19-18-24-20-30(26(28)29-24)27(21-12-6-3-7-13-21,22-14-8-4-9-15-22)23-16-10-5-11-17-23/h3-20H,2H2,1H3. The fourth-order valence-corrected chi connectivity index (χ4v) is 3.99. The Labute approximate surface area is 186 Å². The second-order valence-electron chi connectivity index (χ2n) is 7.20. The van der Waals surface area contributed by atoms with Gasteiger partial charge in [0.2, 0.25) is 0 Å². The Morgan fingerprint density at radius 3 is 1.81 bits per heavy atom. The Morgan fingerprint density at radius 2 is 1.38 bits per heavy atom. The van der Waals surface area contributed by atoms with Crippen molar-refractivity contribution in [2.24, 2.45) is 0 Å². The lowest BCUT2D eigenvalue weighted by molar-refractivity contribution is -0.137. The van der Waals surface area contributed by atoms with Crippen LogP contribution in [0.2, 0.25) is 0 Å². The van der Waals surface area contributed by atoms with Gasteiger partial charge in [0.1, 0.15) is 5.54 Å². The van der Waals surface area contributed by atoms with Crippen molar-refractivity contribution in [3.05, 3.63) is 132 Å². The van der Waals surface area contributed by atoms with E-state index in [1.54, 1.807) is 13.1 Å². The number of halogens is 1. The molecule has 0 aliphatic rings. The number of aromatic nitrogens is 2. The van der Waals surface area contributed by atoms with Crippen LogP contribution in [-0.4, -0.2) is 22.1 Å². The maximum atomic E-state index is 15.5. The van der Waals surface area contributed by atoms with E-state index in [9.17, 15) is 4.79 Å². The third kappa shape index (κ3) is 3.97. The largest absolute Gasteiger partial charge is 0.463 e. The van der Waals surface area contributed by atoms with E-state index in [1.165, 1.54) is 16.7 Å². The van der Waals surface area contributed by atoms with Crippen LogP contribution in [0.25, 0.3) is 6.08 Å². The zero-order valence-corrected chi connectivity index (χ0v) is 17.7. The molecule has 0 fully saturated rings. The monoisotopic (exact) mass is 426 g/mol. The average molecular weight is 426 g/mol. The fourth-order valence-electron chi connectivity index (χ4n) is 3.99. The Balaban J connectivity index is 1.98. The van der Waals surface area contributed by atoms with Gasteiger partial charge in [-0.3, -0.25) is 4.57 Å². The van der Waals surface area contributed by atoms with Crippen molar-refractivity contribution in [1.29, 1.82) is 0 Å². The van der Waals surface area contributed by atoms with E-state index in [0.29, 0.717) is 5.69 Å². The molecule has 0 aliphatic heterocycles. The predicted molar refractivity (Wildman–Crippen MR) is 122 cm³/mol. The highest BCUT2D eigenvalue weighted by atomic mass is 19.1. The fraction of sp³-hybridized carbons (Fsp3) is 0.111. The molecule has 0 radical (unpaired) electrons. The number of carbonyl (C=O) groups excluding carboxylic acids is 1. The minimum Gasteiger partial charge on any atom is -0.463 e. The normalized spacial score (nSPS) is 11.6. The van der Waals surface area contributed by atoms with Crippen LogP contribution in [0.3, 0.4) is 0 Å². The number of rotatable bonds is 7. The van der Waals surface area contributed by atoms with Gasteiger partial charge in [-0.25, -0.2) is 9.78 Å². The molecule has 0 N–H and O–H groups in total. The molecule has 0 saturated heterocycles. The molecule has 0 saturated carbocycles. The maximum Gasteiger partial charge on any atom is 0.330 e. The Kier molecular flexibility index (Phi) is 6.26. The zero-order chi connectivity index (χ0) is 22.4. The quantitative estimate of drug-likeness (QED) is 0.225. The van der Waals surface area contributed by atoms with Crippen LogP contribution in [0.1, 0.15) is 29.3 Å². The van der Waals surface area contributed by atoms with E-state index in [4.69, 9.17) is 4.74 Å². The predicted octanol–water partition coefficient (Wildman–Crippen LogP) is 5.44. The van der Waals surface area contributed by atoms with Crippen LogP contribution in [0, 0.1) is 6.08 Å². The molecule has 3 aromatic carbocycles. The summed E-state index contributed by atoms with van der Waals surface area (Å²) in [7, 11) is 0. The van der Waals surface area contributed by atoms with Gasteiger partial charge in [0.25, 0.3) is 6.08 Å². The molecule has 4 rings (SSSR count). The summed E-state index contributed by atoms with van der Waals surface area (Å²) in [5, 5.41) is 0. The van der Waals surface area contributed by atoms with E-state index in [0.717, 1.165) is 16.7 Å². The summed E-state index contributed by atoms with van der Waals surface area (Å²) in [5.74, 6) is -0.497. The van der Waals surface area contributed by atoms with Crippen LogP contribution in [-0.2, 0) is 15.1 Å². The molecule has 0 atom stereocenters. The average Bonchev–Trinajstić information content (AvgIpc) is 3.21. The van der Waals surface area contributed by atoms with Gasteiger partial charge >= 0.3 is 5.97 Å². The Hall–Kier alpha value is -3.99. The first kappa shape index (κ1) is 21.2. The topological polar surface area (TPSA) is 44.1 Å². The van der Waals surface area contributed by atoms with Crippen LogP contribution in [0.4, 0.5) is 4.39 Å². The number of ether oxygens (including phenoxy) is 1. The molecule has 1 heterocycles. The third-order valence-corrected chi connectivity index (χ3v) is 5.29. The van der Waals surface area contributed by atoms with Crippen LogP contribution in [0.15, 0.2) is 103 Å². The Bertz CT molecular complexity index is 1110. The summed E-state index contributed by atoms with van der Waals surface area (Å²) in [6.45, 7) is 2.00. The molecule has 0 bridgehead atoms. The van der Waals surface area contributed by atoms with Crippen molar-refractivity contribution >= 4 is 12.0 Å². The van der Waals surface area contributed by atoms with Crippen LogP contribution >= 0.6 is 0 Å². The third-order valence-electron chi connectivity index (χ3n) is 5.29. The summed E-state index contributed by atoms with van der Waals surface area (Å²) < 4.78 is 22.0. The summed E-state index contributed by atoms with van der Waals surface area (Å²) in [6.07, 6.45) is 3.68. The van der Waals surface area contributed by atoms with Gasteiger partial charge in [-0.05, 0) is 29.7 Å². The van der Waals surface area contributed by atoms with Gasteiger partial charge in [0.15, 0.2) is 0 Å².